The van der Waals surface area contributed by atoms with Gasteiger partial charge in [0.25, 0.3) is 0 Å². The van der Waals surface area contributed by atoms with Gasteiger partial charge >= 0.3 is 0 Å². The summed E-state index contributed by atoms with van der Waals surface area (Å²) in [4.78, 5) is 4.36. The van der Waals surface area contributed by atoms with Crippen LogP contribution in [-0.2, 0) is 6.42 Å². The van der Waals surface area contributed by atoms with Gasteiger partial charge in [-0.25, -0.2) is 0 Å². The summed E-state index contributed by atoms with van der Waals surface area (Å²) < 4.78 is 0. The highest BCUT2D eigenvalue weighted by atomic mass is 14.9. The van der Waals surface area contributed by atoms with Gasteiger partial charge in [-0.05, 0) is 44.5 Å². The molecule has 1 heterocycles. The lowest BCUT2D eigenvalue weighted by molar-refractivity contribution is 0.586. The number of benzene rings is 1. The maximum atomic E-state index is 4.36. The molecule has 1 aromatic heterocycles. The molecule has 0 aliphatic rings. The summed E-state index contributed by atoms with van der Waals surface area (Å²) >= 11 is 0. The molecule has 0 saturated heterocycles. The molecule has 0 radical (unpaired) electrons. The average Bonchev–Trinajstić information content (AvgIpc) is 2.39. The van der Waals surface area contributed by atoms with Gasteiger partial charge in [0.15, 0.2) is 0 Å². The minimum atomic E-state index is 0.321. The minimum absolute atomic E-state index is 0.321. The summed E-state index contributed by atoms with van der Waals surface area (Å²) in [6, 6.07) is 13.2. The van der Waals surface area contributed by atoms with Crippen LogP contribution < -0.4 is 5.32 Å². The van der Waals surface area contributed by atoms with Crippen LogP contribution in [0.2, 0.25) is 0 Å². The van der Waals surface area contributed by atoms with Crippen LogP contribution in [0.4, 0.5) is 0 Å². The van der Waals surface area contributed by atoms with Crippen molar-refractivity contribution < 1.29 is 0 Å². The predicted octanol–water partition coefficient (Wildman–Crippen LogP) is 3.20. The van der Waals surface area contributed by atoms with Crippen LogP contribution in [0.15, 0.2) is 42.6 Å². The zero-order valence-corrected chi connectivity index (χ0v) is 11.3. The van der Waals surface area contributed by atoms with Gasteiger partial charge in [0.05, 0.1) is 0 Å². The smallest absolute Gasteiger partial charge is 0.0420 e. The van der Waals surface area contributed by atoms with E-state index in [1.54, 1.807) is 0 Å². The quantitative estimate of drug-likeness (QED) is 0.887. The summed E-state index contributed by atoms with van der Waals surface area (Å²) in [6.45, 7) is 4.18. The van der Waals surface area contributed by atoms with Crippen molar-refractivity contribution in [1.82, 2.24) is 10.3 Å². The molecule has 94 valence electrons. The first-order valence-corrected chi connectivity index (χ1v) is 6.35. The molecule has 0 saturated carbocycles. The predicted molar refractivity (Wildman–Crippen MR) is 75.7 cm³/mol. The summed E-state index contributed by atoms with van der Waals surface area (Å²) in [6.07, 6.45) is 2.83. The van der Waals surface area contributed by atoms with Crippen molar-refractivity contribution in [2.45, 2.75) is 26.3 Å². The summed E-state index contributed by atoms with van der Waals surface area (Å²) in [5.41, 5.74) is 5.03. The van der Waals surface area contributed by atoms with Crippen LogP contribution in [-0.4, -0.2) is 12.0 Å². The molecule has 0 aliphatic carbocycles. The largest absolute Gasteiger partial charge is 0.313 e. The Labute approximate surface area is 109 Å². The van der Waals surface area contributed by atoms with Crippen molar-refractivity contribution >= 4 is 0 Å². The lowest BCUT2D eigenvalue weighted by Crippen LogP contribution is -2.20. The fraction of sp³-hybridized carbons (Fsp3) is 0.312. The Hall–Kier alpha value is -1.67. The van der Waals surface area contributed by atoms with E-state index in [-0.39, 0.29) is 0 Å². The molecule has 1 aromatic carbocycles. The lowest BCUT2D eigenvalue weighted by atomic mass is 9.97. The first-order valence-electron chi connectivity index (χ1n) is 6.35. The number of hydrogen-bond acceptors (Lipinski definition) is 2. The molecule has 2 nitrogen and oxygen atoms in total. The van der Waals surface area contributed by atoms with Crippen molar-refractivity contribution in [2.75, 3.05) is 7.05 Å². The fourth-order valence-corrected chi connectivity index (χ4v) is 2.19. The van der Waals surface area contributed by atoms with Gasteiger partial charge in [0, 0.05) is 17.9 Å². The first kappa shape index (κ1) is 12.8. The Morgan fingerprint density at radius 1 is 1.11 bits per heavy atom. The second kappa shape index (κ2) is 5.78. The van der Waals surface area contributed by atoms with Crippen LogP contribution >= 0.6 is 0 Å². The molecule has 0 amide bonds. The molecule has 18 heavy (non-hydrogen) atoms. The second-order valence-electron chi connectivity index (χ2n) is 4.71. The third kappa shape index (κ3) is 2.96. The van der Waals surface area contributed by atoms with Crippen LogP contribution in [0.3, 0.4) is 0 Å². The molecule has 2 rings (SSSR count). The highest BCUT2D eigenvalue weighted by Crippen LogP contribution is 2.20. The second-order valence-corrected chi connectivity index (χ2v) is 4.71. The Kier molecular flexibility index (Phi) is 4.11. The molecule has 0 aliphatic heterocycles. The Morgan fingerprint density at radius 2 is 1.83 bits per heavy atom. The number of likely N-dealkylation sites (N-methyl/N-ethyl adjacent to an activating group) is 1. The first-order chi connectivity index (χ1) is 8.70. The zero-order valence-electron chi connectivity index (χ0n) is 11.3. The molecule has 1 N–H and O–H groups in total. The third-order valence-corrected chi connectivity index (χ3v) is 3.33. The van der Waals surface area contributed by atoms with Gasteiger partial charge in [-0.2, -0.15) is 0 Å². The van der Waals surface area contributed by atoms with E-state index in [2.05, 4.69) is 54.5 Å². The Morgan fingerprint density at radius 3 is 2.44 bits per heavy atom. The van der Waals surface area contributed by atoms with Gasteiger partial charge in [-0.15, -0.1) is 0 Å². The average molecular weight is 240 g/mol. The fourth-order valence-electron chi connectivity index (χ4n) is 2.19. The van der Waals surface area contributed by atoms with Crippen molar-refractivity contribution in [3.05, 3.63) is 65.0 Å². The molecule has 2 aromatic rings. The highest BCUT2D eigenvalue weighted by molar-refractivity contribution is 5.27. The van der Waals surface area contributed by atoms with E-state index >= 15 is 0 Å². The number of aryl methyl sites for hydroxylation is 2. The van der Waals surface area contributed by atoms with E-state index in [9.17, 15) is 0 Å². The Bertz CT molecular complexity index is 503. The molecule has 1 atom stereocenters. The number of hydrogen-bond donors (Lipinski definition) is 1. The van der Waals surface area contributed by atoms with Crippen LogP contribution in [0, 0.1) is 13.8 Å². The molecule has 1 unspecified atom stereocenters. The summed E-state index contributed by atoms with van der Waals surface area (Å²) in [5.74, 6) is 0. The van der Waals surface area contributed by atoms with E-state index < -0.39 is 0 Å². The van der Waals surface area contributed by atoms with Crippen LogP contribution in [0.5, 0.6) is 0 Å². The SMILES string of the molecule is CNC(Cc1ccc(C)cc1)c1cccnc1C. The van der Waals surface area contributed by atoms with E-state index in [0.29, 0.717) is 6.04 Å². The van der Waals surface area contributed by atoms with Gasteiger partial charge in [-0.1, -0.05) is 35.9 Å². The number of nitrogens with one attached hydrogen (secondary N) is 1. The molecular weight excluding hydrogens is 220 g/mol. The summed E-state index contributed by atoms with van der Waals surface area (Å²) in [5, 5.41) is 3.38. The lowest BCUT2D eigenvalue weighted by Gasteiger charge is -2.18. The molecule has 0 bridgehead atoms. The van der Waals surface area contributed by atoms with Crippen LogP contribution in [0.1, 0.15) is 28.4 Å². The number of nitrogens with zero attached hydrogens (tertiary/aromatic N) is 1. The minimum Gasteiger partial charge on any atom is -0.313 e. The van der Waals surface area contributed by atoms with Gasteiger partial charge in [0.1, 0.15) is 0 Å². The molecule has 2 heteroatoms. The standard InChI is InChI=1S/C16H20N2/c1-12-6-8-14(9-7-12)11-16(17-3)15-5-4-10-18-13(15)2/h4-10,16-17H,11H2,1-3H3. The zero-order chi connectivity index (χ0) is 13.0. The Balaban J connectivity index is 2.20. The number of pyridine rings is 1. The van der Waals surface area contributed by atoms with Gasteiger partial charge in [-0.3, -0.25) is 4.98 Å². The van der Waals surface area contributed by atoms with Gasteiger partial charge < -0.3 is 5.32 Å². The van der Waals surface area contributed by atoms with Crippen LogP contribution in [0.25, 0.3) is 0 Å². The maximum absolute atomic E-state index is 4.36. The van der Waals surface area contributed by atoms with E-state index in [1.165, 1.54) is 16.7 Å². The maximum Gasteiger partial charge on any atom is 0.0420 e. The van der Waals surface area contributed by atoms with Crippen molar-refractivity contribution in [3.63, 3.8) is 0 Å². The van der Waals surface area contributed by atoms with Crippen molar-refractivity contribution in [3.8, 4) is 0 Å². The van der Waals surface area contributed by atoms with Crippen molar-refractivity contribution in [2.24, 2.45) is 0 Å². The van der Waals surface area contributed by atoms with Crippen molar-refractivity contribution in [1.29, 1.82) is 0 Å². The number of aromatic nitrogens is 1. The highest BCUT2D eigenvalue weighted by Gasteiger charge is 2.12. The van der Waals surface area contributed by atoms with Gasteiger partial charge in [0.2, 0.25) is 0 Å². The van der Waals surface area contributed by atoms with E-state index in [0.717, 1.165) is 12.1 Å². The van der Waals surface area contributed by atoms with E-state index in [4.69, 9.17) is 0 Å². The number of rotatable bonds is 4. The summed E-state index contributed by atoms with van der Waals surface area (Å²) in [7, 11) is 2.01. The third-order valence-electron chi connectivity index (χ3n) is 3.33. The van der Waals surface area contributed by atoms with E-state index in [1.807, 2.05) is 19.3 Å². The molecular formula is C16H20N2. The monoisotopic (exact) mass is 240 g/mol. The topological polar surface area (TPSA) is 24.9 Å². The molecule has 0 spiro atoms. The normalized spacial score (nSPS) is 12.4. The molecule has 0 fully saturated rings.